The lowest BCUT2D eigenvalue weighted by atomic mass is 10.1. The van der Waals surface area contributed by atoms with Crippen LogP contribution in [0, 0.1) is 0 Å². The lowest BCUT2D eigenvalue weighted by molar-refractivity contribution is 0.354. The minimum absolute atomic E-state index is 0. The molecule has 0 saturated carbocycles. The lowest BCUT2D eigenvalue weighted by Crippen LogP contribution is -2.19. The Morgan fingerprint density at radius 1 is 1.18 bits per heavy atom. The largest absolute Gasteiger partial charge is 0.493 e. The van der Waals surface area contributed by atoms with Crippen molar-refractivity contribution in [3.8, 4) is 11.5 Å². The van der Waals surface area contributed by atoms with Crippen molar-refractivity contribution in [3.05, 3.63) is 23.8 Å². The van der Waals surface area contributed by atoms with Gasteiger partial charge in [0.15, 0.2) is 11.5 Å². The van der Waals surface area contributed by atoms with E-state index < -0.39 is 0 Å². The highest BCUT2D eigenvalue weighted by atomic mass is 35.5. The molecule has 0 aromatic heterocycles. The predicted molar refractivity (Wildman–Crippen MR) is 73.5 cm³/mol. The highest BCUT2D eigenvalue weighted by Gasteiger charge is 2.09. The van der Waals surface area contributed by atoms with Crippen LogP contribution in [0.3, 0.4) is 0 Å². The van der Waals surface area contributed by atoms with Crippen LogP contribution in [0.2, 0.25) is 0 Å². The van der Waals surface area contributed by atoms with Crippen molar-refractivity contribution in [1.82, 2.24) is 5.32 Å². The third kappa shape index (κ3) is 4.44. The van der Waals surface area contributed by atoms with Crippen LogP contribution in [0.1, 0.15) is 31.9 Å². The van der Waals surface area contributed by atoms with Gasteiger partial charge in [0.25, 0.3) is 0 Å². The number of hydrogen-bond acceptors (Lipinski definition) is 3. The van der Waals surface area contributed by atoms with Gasteiger partial charge in [0, 0.05) is 6.04 Å². The summed E-state index contributed by atoms with van der Waals surface area (Å²) in [6.07, 6.45) is 1.14. The van der Waals surface area contributed by atoms with E-state index in [9.17, 15) is 0 Å². The molecule has 0 radical (unpaired) electrons. The molecule has 0 aliphatic heterocycles. The molecular formula is C13H22ClNO2. The Kier molecular flexibility index (Phi) is 7.75. The van der Waals surface area contributed by atoms with Gasteiger partial charge in [-0.05, 0) is 37.6 Å². The molecule has 17 heavy (non-hydrogen) atoms. The third-order valence-electron chi connectivity index (χ3n) is 2.61. The first-order chi connectivity index (χ1) is 7.72. The van der Waals surface area contributed by atoms with E-state index in [1.807, 2.05) is 12.1 Å². The van der Waals surface area contributed by atoms with Gasteiger partial charge in [-0.15, -0.1) is 12.4 Å². The zero-order valence-corrected chi connectivity index (χ0v) is 11.8. The minimum atomic E-state index is 0. The number of nitrogens with one attached hydrogen (secondary N) is 1. The fourth-order valence-corrected chi connectivity index (χ4v) is 1.60. The first-order valence-corrected chi connectivity index (χ1v) is 5.68. The van der Waals surface area contributed by atoms with E-state index in [4.69, 9.17) is 9.47 Å². The maximum absolute atomic E-state index is 5.28. The average molecular weight is 260 g/mol. The van der Waals surface area contributed by atoms with E-state index in [0.29, 0.717) is 6.04 Å². The van der Waals surface area contributed by atoms with E-state index in [-0.39, 0.29) is 12.4 Å². The number of benzene rings is 1. The van der Waals surface area contributed by atoms with Gasteiger partial charge in [-0.1, -0.05) is 13.0 Å². The molecule has 98 valence electrons. The van der Waals surface area contributed by atoms with E-state index in [1.165, 1.54) is 5.56 Å². The number of rotatable bonds is 6. The molecule has 0 amide bonds. The second-order valence-corrected chi connectivity index (χ2v) is 3.79. The van der Waals surface area contributed by atoms with E-state index in [2.05, 4.69) is 25.2 Å². The second kappa shape index (κ2) is 8.20. The van der Waals surface area contributed by atoms with Crippen molar-refractivity contribution in [1.29, 1.82) is 0 Å². The van der Waals surface area contributed by atoms with Crippen molar-refractivity contribution < 1.29 is 9.47 Å². The molecule has 1 aromatic carbocycles. The molecule has 3 nitrogen and oxygen atoms in total. The summed E-state index contributed by atoms with van der Waals surface area (Å²) in [5, 5.41) is 3.44. The molecule has 0 aliphatic carbocycles. The predicted octanol–water partition coefficient (Wildman–Crippen LogP) is 3.19. The van der Waals surface area contributed by atoms with Gasteiger partial charge in [0.2, 0.25) is 0 Å². The molecule has 0 bridgehead atoms. The lowest BCUT2D eigenvalue weighted by Gasteiger charge is -2.16. The summed E-state index contributed by atoms with van der Waals surface area (Å²) in [7, 11) is 3.31. The maximum Gasteiger partial charge on any atom is 0.161 e. The van der Waals surface area contributed by atoms with Crippen molar-refractivity contribution in [2.75, 3.05) is 20.8 Å². The van der Waals surface area contributed by atoms with E-state index >= 15 is 0 Å². The summed E-state index contributed by atoms with van der Waals surface area (Å²) in [6.45, 7) is 5.33. The topological polar surface area (TPSA) is 30.5 Å². The summed E-state index contributed by atoms with van der Waals surface area (Å²) in [5.41, 5.74) is 1.21. The van der Waals surface area contributed by atoms with Crippen LogP contribution in [0.5, 0.6) is 11.5 Å². The quantitative estimate of drug-likeness (QED) is 0.851. The van der Waals surface area contributed by atoms with Gasteiger partial charge in [-0.2, -0.15) is 0 Å². The minimum Gasteiger partial charge on any atom is -0.493 e. The standard InChI is InChI=1S/C13H21NO2.ClH/c1-5-8-14-10(2)11-6-7-12(15-3)13(9-11)16-4;/h6-7,9-10,14H,5,8H2,1-4H3;1H. The zero-order valence-electron chi connectivity index (χ0n) is 10.9. The van der Waals surface area contributed by atoms with Gasteiger partial charge in [-0.3, -0.25) is 0 Å². The molecule has 4 heteroatoms. The van der Waals surface area contributed by atoms with Crippen LogP contribution in [0.25, 0.3) is 0 Å². The Bertz CT molecular complexity index is 331. The fourth-order valence-electron chi connectivity index (χ4n) is 1.60. The first-order valence-electron chi connectivity index (χ1n) is 5.68. The molecule has 0 aliphatic rings. The van der Waals surface area contributed by atoms with Crippen LogP contribution in [0.15, 0.2) is 18.2 Å². The summed E-state index contributed by atoms with van der Waals surface area (Å²) in [5.74, 6) is 1.55. The Balaban J connectivity index is 0.00000256. The van der Waals surface area contributed by atoms with Crippen LogP contribution in [0.4, 0.5) is 0 Å². The van der Waals surface area contributed by atoms with Gasteiger partial charge in [0.05, 0.1) is 14.2 Å². The van der Waals surface area contributed by atoms with E-state index in [0.717, 1.165) is 24.5 Å². The molecular weight excluding hydrogens is 238 g/mol. The van der Waals surface area contributed by atoms with Crippen LogP contribution in [-0.2, 0) is 0 Å². The molecule has 1 rings (SSSR count). The molecule has 1 unspecified atom stereocenters. The molecule has 0 saturated heterocycles. The second-order valence-electron chi connectivity index (χ2n) is 3.79. The highest BCUT2D eigenvalue weighted by molar-refractivity contribution is 5.85. The number of methoxy groups -OCH3 is 2. The number of ether oxygens (including phenoxy) is 2. The van der Waals surface area contributed by atoms with Crippen LogP contribution < -0.4 is 14.8 Å². The van der Waals surface area contributed by atoms with Crippen molar-refractivity contribution in [2.45, 2.75) is 26.3 Å². The molecule has 1 aromatic rings. The van der Waals surface area contributed by atoms with E-state index in [1.54, 1.807) is 14.2 Å². The number of halogens is 1. The SMILES string of the molecule is CCCNC(C)c1ccc(OC)c(OC)c1.Cl. The smallest absolute Gasteiger partial charge is 0.161 e. The van der Waals surface area contributed by atoms with Gasteiger partial charge in [-0.25, -0.2) is 0 Å². The maximum atomic E-state index is 5.28. The van der Waals surface area contributed by atoms with Gasteiger partial charge in [0.1, 0.15) is 0 Å². The third-order valence-corrected chi connectivity index (χ3v) is 2.61. The summed E-state index contributed by atoms with van der Waals surface area (Å²) in [4.78, 5) is 0. The summed E-state index contributed by atoms with van der Waals surface area (Å²) in [6, 6.07) is 6.36. The summed E-state index contributed by atoms with van der Waals surface area (Å²) >= 11 is 0. The van der Waals surface area contributed by atoms with Crippen molar-refractivity contribution in [3.63, 3.8) is 0 Å². The van der Waals surface area contributed by atoms with Crippen LogP contribution >= 0.6 is 12.4 Å². The molecule has 0 spiro atoms. The van der Waals surface area contributed by atoms with Crippen molar-refractivity contribution in [2.24, 2.45) is 0 Å². The number of hydrogen-bond donors (Lipinski definition) is 1. The molecule has 1 N–H and O–H groups in total. The Morgan fingerprint density at radius 2 is 1.82 bits per heavy atom. The van der Waals surface area contributed by atoms with Crippen molar-refractivity contribution >= 4 is 12.4 Å². The van der Waals surface area contributed by atoms with Gasteiger partial charge < -0.3 is 14.8 Å². The Morgan fingerprint density at radius 3 is 2.35 bits per heavy atom. The zero-order chi connectivity index (χ0) is 12.0. The Labute approximate surface area is 110 Å². The first kappa shape index (κ1) is 16.1. The monoisotopic (exact) mass is 259 g/mol. The van der Waals surface area contributed by atoms with Crippen LogP contribution in [-0.4, -0.2) is 20.8 Å². The molecule has 1 atom stereocenters. The molecule has 0 fully saturated rings. The summed E-state index contributed by atoms with van der Waals surface area (Å²) < 4.78 is 10.5. The molecule has 0 heterocycles. The fraction of sp³-hybridized carbons (Fsp3) is 0.538. The highest BCUT2D eigenvalue weighted by Crippen LogP contribution is 2.29. The Hall–Kier alpha value is -0.930. The average Bonchev–Trinajstić information content (AvgIpc) is 2.34. The normalized spacial score (nSPS) is 11.5. The van der Waals surface area contributed by atoms with Gasteiger partial charge >= 0.3 is 0 Å².